The molecule has 1 aliphatic heterocycles. The fraction of sp³-hybridized carbons (Fsp3) is 0.200. The predicted molar refractivity (Wildman–Crippen MR) is 115 cm³/mol. The van der Waals surface area contributed by atoms with Crippen molar-refractivity contribution >= 4 is 38.9 Å². The molecule has 1 heterocycles. The molecule has 3 rings (SSSR count). The quantitative estimate of drug-likeness (QED) is 0.652. The third kappa shape index (κ3) is 3.83. The van der Waals surface area contributed by atoms with Gasteiger partial charge in [-0.05, 0) is 37.3 Å². The molecule has 1 unspecified atom stereocenters. The molecule has 2 aromatic rings. The van der Waals surface area contributed by atoms with Gasteiger partial charge >= 0.3 is 10.0 Å². The van der Waals surface area contributed by atoms with Crippen LogP contribution in [0.4, 0.5) is 5.69 Å². The molecule has 0 radical (unpaired) electrons. The highest BCUT2D eigenvalue weighted by Crippen LogP contribution is 2.38. The Kier molecular flexibility index (Phi) is 6.17. The summed E-state index contributed by atoms with van der Waals surface area (Å²) in [6.07, 6.45) is 5.40. The molecular formula is C20H21Cl2N2O3S+. The van der Waals surface area contributed by atoms with Crippen LogP contribution in [0.5, 0.6) is 11.5 Å². The third-order valence-electron chi connectivity index (χ3n) is 4.59. The number of hydrogen-bond acceptors (Lipinski definition) is 4. The van der Waals surface area contributed by atoms with Gasteiger partial charge in [0.05, 0.1) is 15.8 Å². The second-order valence-corrected chi connectivity index (χ2v) is 9.51. The number of nitrogens with two attached hydrogens (primary N) is 1. The van der Waals surface area contributed by atoms with Crippen LogP contribution in [0.25, 0.3) is 0 Å². The zero-order valence-electron chi connectivity index (χ0n) is 15.3. The van der Waals surface area contributed by atoms with E-state index in [0.29, 0.717) is 33.8 Å². The van der Waals surface area contributed by atoms with E-state index < -0.39 is 10.0 Å². The largest absolute Gasteiger partial charge is 0.454 e. The van der Waals surface area contributed by atoms with Crippen LogP contribution < -0.4 is 14.4 Å². The van der Waals surface area contributed by atoms with Crippen LogP contribution in [-0.4, -0.2) is 27.3 Å². The van der Waals surface area contributed by atoms with E-state index in [9.17, 15) is 8.42 Å². The average Bonchev–Trinajstić information content (AvgIpc) is 2.71. The van der Waals surface area contributed by atoms with Gasteiger partial charge in [-0.3, -0.25) is 0 Å². The van der Waals surface area contributed by atoms with E-state index in [2.05, 4.69) is 0 Å². The van der Waals surface area contributed by atoms with Gasteiger partial charge in [0.15, 0.2) is 11.4 Å². The Hall–Kier alpha value is -1.83. The molecule has 8 heteroatoms. The van der Waals surface area contributed by atoms with E-state index in [4.69, 9.17) is 33.7 Å². The summed E-state index contributed by atoms with van der Waals surface area (Å²) in [6, 6.07) is 12.0. The summed E-state index contributed by atoms with van der Waals surface area (Å²) in [7, 11) is -3.49. The van der Waals surface area contributed by atoms with E-state index in [1.807, 2.05) is 12.2 Å². The lowest BCUT2D eigenvalue weighted by Crippen LogP contribution is -2.51. The van der Waals surface area contributed by atoms with E-state index in [-0.39, 0.29) is 16.2 Å². The normalized spacial score (nSPS) is 19.4. The van der Waals surface area contributed by atoms with Crippen LogP contribution in [0.2, 0.25) is 10.0 Å². The van der Waals surface area contributed by atoms with Crippen LogP contribution in [-0.2, 0) is 10.0 Å². The van der Waals surface area contributed by atoms with Crippen LogP contribution >= 0.6 is 23.2 Å². The minimum Gasteiger partial charge on any atom is -0.454 e. The van der Waals surface area contributed by atoms with Crippen molar-refractivity contribution in [1.82, 2.24) is 3.89 Å². The molecule has 28 heavy (non-hydrogen) atoms. The summed E-state index contributed by atoms with van der Waals surface area (Å²) in [5.74, 6) is 0.860. The molecule has 5 nitrogen and oxygen atoms in total. The topological polar surface area (TPSA) is 69.4 Å². The number of rotatable bonds is 6. The molecule has 0 aliphatic carbocycles. The first-order chi connectivity index (χ1) is 13.3. The van der Waals surface area contributed by atoms with E-state index in [0.717, 1.165) is 5.57 Å². The molecule has 2 aromatic carbocycles. The average molecular weight is 440 g/mol. The van der Waals surface area contributed by atoms with Crippen LogP contribution in [0.1, 0.15) is 6.92 Å². The number of sulfonamides is 1. The summed E-state index contributed by atoms with van der Waals surface area (Å²) in [6.45, 7) is 2.21. The van der Waals surface area contributed by atoms with Gasteiger partial charge in [0.25, 0.3) is 0 Å². The summed E-state index contributed by atoms with van der Waals surface area (Å²) in [5, 5.41) is 0.788. The van der Waals surface area contributed by atoms with Gasteiger partial charge in [-0.2, -0.15) is 12.3 Å². The molecule has 0 spiro atoms. The lowest BCUT2D eigenvalue weighted by molar-refractivity contribution is 0.481. The highest BCUT2D eigenvalue weighted by Gasteiger charge is 2.42. The summed E-state index contributed by atoms with van der Waals surface area (Å²) >= 11 is 12.3. The standard InChI is InChI=1S/C20H21Cl2N2O3S/c1-2-28(25,26)24(12-4-5-15(13-23)14-24)16-8-10-17(11-9-16)27-20-18(21)6-3-7-19(20)22/h3-11,14H,2,12-13,23H2,1H3/q+1. The number of benzene rings is 2. The molecule has 0 aromatic heterocycles. The second kappa shape index (κ2) is 8.27. The van der Waals surface area contributed by atoms with Gasteiger partial charge in [0.1, 0.15) is 18.5 Å². The van der Waals surface area contributed by atoms with Crippen molar-refractivity contribution in [3.63, 3.8) is 0 Å². The lowest BCUT2D eigenvalue weighted by atomic mass is 10.2. The van der Waals surface area contributed by atoms with Crippen LogP contribution in [0.15, 0.2) is 66.4 Å². The van der Waals surface area contributed by atoms with Crippen LogP contribution in [0.3, 0.4) is 0 Å². The first kappa shape index (κ1) is 20.9. The second-order valence-electron chi connectivity index (χ2n) is 6.31. The highest BCUT2D eigenvalue weighted by molar-refractivity contribution is 7.91. The van der Waals surface area contributed by atoms with E-state index >= 15 is 0 Å². The van der Waals surface area contributed by atoms with Gasteiger partial charge < -0.3 is 10.5 Å². The van der Waals surface area contributed by atoms with Gasteiger partial charge in [0, 0.05) is 24.3 Å². The summed E-state index contributed by atoms with van der Waals surface area (Å²) in [4.78, 5) is 0. The molecule has 0 bridgehead atoms. The maximum atomic E-state index is 13.0. The Labute approximate surface area is 175 Å². The molecule has 1 aliphatic rings. The smallest absolute Gasteiger partial charge is 0.306 e. The fourth-order valence-electron chi connectivity index (χ4n) is 3.07. The van der Waals surface area contributed by atoms with Crippen molar-refractivity contribution in [3.8, 4) is 11.5 Å². The molecule has 1 atom stereocenters. The van der Waals surface area contributed by atoms with Crippen molar-refractivity contribution < 1.29 is 13.2 Å². The zero-order chi connectivity index (χ0) is 20.4. The molecular weight excluding hydrogens is 419 g/mol. The number of nitrogens with zero attached hydrogens (tertiary/aromatic N) is 1. The van der Waals surface area contributed by atoms with Crippen molar-refractivity contribution in [2.45, 2.75) is 6.92 Å². The first-order valence-corrected chi connectivity index (χ1v) is 11.1. The molecule has 0 amide bonds. The van der Waals surface area contributed by atoms with Gasteiger partial charge in [-0.25, -0.2) is 0 Å². The van der Waals surface area contributed by atoms with Gasteiger partial charge in [-0.15, -0.1) is 0 Å². The van der Waals surface area contributed by atoms with E-state index in [1.165, 1.54) is 0 Å². The number of halogens is 2. The summed E-state index contributed by atoms with van der Waals surface area (Å²) < 4.78 is 31.5. The Morgan fingerprint density at radius 2 is 1.75 bits per heavy atom. The number of quaternary nitrogens is 1. The molecule has 0 saturated heterocycles. The van der Waals surface area contributed by atoms with Crippen molar-refractivity contribution in [2.75, 3.05) is 18.8 Å². The van der Waals surface area contributed by atoms with Crippen LogP contribution in [0, 0.1) is 0 Å². The number of ether oxygens (including phenoxy) is 1. The lowest BCUT2D eigenvalue weighted by Gasteiger charge is -2.34. The zero-order valence-corrected chi connectivity index (χ0v) is 17.6. The SMILES string of the molecule is CCS(=O)(=O)[N+]1(c2ccc(Oc3c(Cl)cccc3Cl)cc2)C=C(CN)C=CC1. The number of para-hydroxylation sites is 1. The maximum absolute atomic E-state index is 13.0. The molecule has 2 N–H and O–H groups in total. The highest BCUT2D eigenvalue weighted by atomic mass is 35.5. The molecule has 0 saturated carbocycles. The Morgan fingerprint density at radius 3 is 2.32 bits per heavy atom. The van der Waals surface area contributed by atoms with Crippen molar-refractivity contribution in [2.24, 2.45) is 5.73 Å². The van der Waals surface area contributed by atoms with Crippen molar-refractivity contribution in [3.05, 3.63) is 76.4 Å². The monoisotopic (exact) mass is 439 g/mol. The maximum Gasteiger partial charge on any atom is 0.306 e. The summed E-state index contributed by atoms with van der Waals surface area (Å²) in [5.41, 5.74) is 7.13. The Bertz CT molecular complexity index is 1010. The van der Waals surface area contributed by atoms with E-state index in [1.54, 1.807) is 55.6 Å². The van der Waals surface area contributed by atoms with Gasteiger partial charge in [-0.1, -0.05) is 35.3 Å². The molecule has 148 valence electrons. The minimum absolute atomic E-state index is 0.00265. The Balaban J connectivity index is 2.00. The fourth-order valence-corrected chi connectivity index (χ4v) is 5.06. The minimum atomic E-state index is -3.49. The number of hydrogen-bond donors (Lipinski definition) is 1. The third-order valence-corrected chi connectivity index (χ3v) is 7.38. The first-order valence-electron chi connectivity index (χ1n) is 8.74. The Morgan fingerprint density at radius 1 is 1.11 bits per heavy atom. The van der Waals surface area contributed by atoms with Crippen molar-refractivity contribution in [1.29, 1.82) is 0 Å². The predicted octanol–water partition coefficient (Wildman–Crippen LogP) is 4.86. The van der Waals surface area contributed by atoms with Gasteiger partial charge in [0.2, 0.25) is 0 Å². The molecule has 0 fully saturated rings.